The molecular weight excluding hydrogens is 224 g/mol. The number of rotatable bonds is 3. The summed E-state index contributed by atoms with van der Waals surface area (Å²) in [6.07, 6.45) is 3.76. The largest absolute Gasteiger partial charge is 0.326 e. The number of benzene rings is 1. The molecule has 0 bridgehead atoms. The summed E-state index contributed by atoms with van der Waals surface area (Å²) in [5.41, 5.74) is 4.00. The van der Waals surface area contributed by atoms with Crippen molar-refractivity contribution in [2.75, 3.05) is 5.32 Å². The summed E-state index contributed by atoms with van der Waals surface area (Å²) in [7, 11) is 0. The van der Waals surface area contributed by atoms with Gasteiger partial charge in [0.15, 0.2) is 0 Å². The molecule has 0 aliphatic carbocycles. The normalized spacial score (nSPS) is 10.1. The van der Waals surface area contributed by atoms with Crippen LogP contribution in [0.5, 0.6) is 0 Å². The Morgan fingerprint density at radius 3 is 2.83 bits per heavy atom. The van der Waals surface area contributed by atoms with E-state index in [2.05, 4.69) is 10.3 Å². The molecular formula is C15H16N2O. The van der Waals surface area contributed by atoms with Gasteiger partial charge < -0.3 is 5.32 Å². The van der Waals surface area contributed by atoms with Crippen molar-refractivity contribution in [1.29, 1.82) is 0 Å². The molecule has 2 aromatic rings. The minimum atomic E-state index is -0.0169. The van der Waals surface area contributed by atoms with E-state index in [1.807, 2.05) is 44.2 Å². The zero-order chi connectivity index (χ0) is 13.0. The molecule has 0 radical (unpaired) electrons. The van der Waals surface area contributed by atoms with Crippen molar-refractivity contribution in [3.8, 4) is 0 Å². The molecule has 1 amide bonds. The van der Waals surface area contributed by atoms with Crippen molar-refractivity contribution in [2.45, 2.75) is 20.3 Å². The summed E-state index contributed by atoms with van der Waals surface area (Å²) >= 11 is 0. The maximum Gasteiger partial charge on any atom is 0.228 e. The van der Waals surface area contributed by atoms with Crippen LogP contribution >= 0.6 is 0 Å². The van der Waals surface area contributed by atoms with Crippen molar-refractivity contribution < 1.29 is 4.79 Å². The number of aromatic nitrogens is 1. The molecule has 1 aromatic carbocycles. The average Bonchev–Trinajstić information content (AvgIpc) is 2.35. The highest BCUT2D eigenvalue weighted by Gasteiger charge is 2.06. The van der Waals surface area contributed by atoms with Gasteiger partial charge in [0.2, 0.25) is 5.91 Å². The SMILES string of the molecule is Cc1ccc(C)c(NC(=O)Cc2cccnc2)c1. The van der Waals surface area contributed by atoms with Gasteiger partial charge >= 0.3 is 0 Å². The molecule has 0 spiro atoms. The number of pyridine rings is 1. The second-order valence-corrected chi connectivity index (χ2v) is 4.40. The molecule has 1 aromatic heterocycles. The number of carbonyl (C=O) groups is 1. The molecule has 0 saturated carbocycles. The van der Waals surface area contributed by atoms with E-state index < -0.39 is 0 Å². The Morgan fingerprint density at radius 2 is 2.11 bits per heavy atom. The highest BCUT2D eigenvalue weighted by molar-refractivity contribution is 5.93. The van der Waals surface area contributed by atoms with Gasteiger partial charge in [0.05, 0.1) is 6.42 Å². The van der Waals surface area contributed by atoms with Gasteiger partial charge in [0, 0.05) is 18.1 Å². The van der Waals surface area contributed by atoms with Crippen molar-refractivity contribution in [1.82, 2.24) is 4.98 Å². The van der Waals surface area contributed by atoms with Crippen LogP contribution in [-0.2, 0) is 11.2 Å². The van der Waals surface area contributed by atoms with E-state index in [1.165, 1.54) is 0 Å². The van der Waals surface area contributed by atoms with Gasteiger partial charge in [-0.2, -0.15) is 0 Å². The van der Waals surface area contributed by atoms with Crippen LogP contribution in [0.4, 0.5) is 5.69 Å². The van der Waals surface area contributed by atoms with Crippen molar-refractivity contribution in [3.63, 3.8) is 0 Å². The first-order valence-corrected chi connectivity index (χ1v) is 5.91. The number of aryl methyl sites for hydroxylation is 2. The van der Waals surface area contributed by atoms with E-state index >= 15 is 0 Å². The summed E-state index contributed by atoms with van der Waals surface area (Å²) in [6.45, 7) is 4.00. The third-order valence-corrected chi connectivity index (χ3v) is 2.75. The topological polar surface area (TPSA) is 42.0 Å². The minimum absolute atomic E-state index is 0.0169. The van der Waals surface area contributed by atoms with Crippen LogP contribution in [0.15, 0.2) is 42.7 Å². The first-order chi connectivity index (χ1) is 8.65. The van der Waals surface area contributed by atoms with E-state index in [1.54, 1.807) is 12.4 Å². The Balaban J connectivity index is 2.05. The molecule has 1 N–H and O–H groups in total. The van der Waals surface area contributed by atoms with Crippen molar-refractivity contribution >= 4 is 11.6 Å². The Morgan fingerprint density at radius 1 is 1.28 bits per heavy atom. The third kappa shape index (κ3) is 3.17. The fourth-order valence-corrected chi connectivity index (χ4v) is 1.75. The van der Waals surface area contributed by atoms with E-state index in [4.69, 9.17) is 0 Å². The molecule has 0 aliphatic heterocycles. The quantitative estimate of drug-likeness (QED) is 0.896. The fraction of sp³-hybridized carbons (Fsp3) is 0.200. The first kappa shape index (κ1) is 12.3. The zero-order valence-electron chi connectivity index (χ0n) is 10.6. The van der Waals surface area contributed by atoms with Gasteiger partial charge in [-0.15, -0.1) is 0 Å². The lowest BCUT2D eigenvalue weighted by molar-refractivity contribution is -0.115. The van der Waals surface area contributed by atoms with Gasteiger partial charge in [-0.3, -0.25) is 9.78 Å². The third-order valence-electron chi connectivity index (χ3n) is 2.75. The van der Waals surface area contributed by atoms with Gasteiger partial charge in [0.1, 0.15) is 0 Å². The van der Waals surface area contributed by atoms with Crippen LogP contribution in [-0.4, -0.2) is 10.9 Å². The lowest BCUT2D eigenvalue weighted by Crippen LogP contribution is -2.15. The van der Waals surface area contributed by atoms with Gasteiger partial charge in [-0.25, -0.2) is 0 Å². The molecule has 1 heterocycles. The Bertz CT molecular complexity index is 550. The van der Waals surface area contributed by atoms with Crippen LogP contribution < -0.4 is 5.32 Å². The fourth-order valence-electron chi connectivity index (χ4n) is 1.75. The van der Waals surface area contributed by atoms with Crippen LogP contribution in [0, 0.1) is 13.8 Å². The molecule has 0 fully saturated rings. The number of carbonyl (C=O) groups excluding carboxylic acids is 1. The van der Waals surface area contributed by atoms with Gasteiger partial charge in [-0.1, -0.05) is 18.2 Å². The Hall–Kier alpha value is -2.16. The molecule has 18 heavy (non-hydrogen) atoms. The van der Waals surface area contributed by atoms with Crippen molar-refractivity contribution in [2.24, 2.45) is 0 Å². The summed E-state index contributed by atoms with van der Waals surface area (Å²) in [5, 5.41) is 2.93. The monoisotopic (exact) mass is 240 g/mol. The summed E-state index contributed by atoms with van der Waals surface area (Å²) in [5.74, 6) is -0.0169. The first-order valence-electron chi connectivity index (χ1n) is 5.91. The Kier molecular flexibility index (Phi) is 3.72. The molecule has 92 valence electrons. The molecule has 0 unspecified atom stereocenters. The zero-order valence-corrected chi connectivity index (χ0v) is 10.6. The lowest BCUT2D eigenvalue weighted by Gasteiger charge is -2.09. The number of anilines is 1. The maximum atomic E-state index is 11.9. The standard InChI is InChI=1S/C15H16N2O/c1-11-5-6-12(2)14(8-11)17-15(18)9-13-4-3-7-16-10-13/h3-8,10H,9H2,1-2H3,(H,17,18). The Labute approximate surface area is 107 Å². The van der Waals surface area contributed by atoms with Crippen LogP contribution in [0.25, 0.3) is 0 Å². The van der Waals surface area contributed by atoms with E-state index in [-0.39, 0.29) is 5.91 Å². The van der Waals surface area contributed by atoms with E-state index in [0.717, 1.165) is 22.4 Å². The highest BCUT2D eigenvalue weighted by atomic mass is 16.1. The highest BCUT2D eigenvalue weighted by Crippen LogP contribution is 2.16. The number of amides is 1. The van der Waals surface area contributed by atoms with Crippen LogP contribution in [0.3, 0.4) is 0 Å². The van der Waals surface area contributed by atoms with Gasteiger partial charge in [0.25, 0.3) is 0 Å². The molecule has 0 aliphatic rings. The van der Waals surface area contributed by atoms with Gasteiger partial charge in [-0.05, 0) is 42.7 Å². The predicted octanol–water partition coefficient (Wildman–Crippen LogP) is 2.88. The average molecular weight is 240 g/mol. The lowest BCUT2D eigenvalue weighted by atomic mass is 10.1. The summed E-state index contributed by atoms with van der Waals surface area (Å²) in [6, 6.07) is 9.76. The molecule has 0 saturated heterocycles. The smallest absolute Gasteiger partial charge is 0.228 e. The summed E-state index contributed by atoms with van der Waals surface area (Å²) < 4.78 is 0. The molecule has 3 heteroatoms. The molecule has 0 atom stereocenters. The second-order valence-electron chi connectivity index (χ2n) is 4.40. The molecule has 2 rings (SSSR count). The van der Waals surface area contributed by atoms with Crippen LogP contribution in [0.2, 0.25) is 0 Å². The predicted molar refractivity (Wildman–Crippen MR) is 72.5 cm³/mol. The second kappa shape index (κ2) is 5.45. The number of hydrogen-bond donors (Lipinski definition) is 1. The maximum absolute atomic E-state index is 11.9. The molecule has 3 nitrogen and oxygen atoms in total. The summed E-state index contributed by atoms with van der Waals surface area (Å²) in [4.78, 5) is 15.9. The number of nitrogens with zero attached hydrogens (tertiary/aromatic N) is 1. The van der Waals surface area contributed by atoms with Crippen molar-refractivity contribution in [3.05, 3.63) is 59.4 Å². The number of hydrogen-bond acceptors (Lipinski definition) is 2. The number of nitrogens with one attached hydrogen (secondary N) is 1. The van der Waals surface area contributed by atoms with E-state index in [0.29, 0.717) is 6.42 Å². The van der Waals surface area contributed by atoms with E-state index in [9.17, 15) is 4.79 Å². The minimum Gasteiger partial charge on any atom is -0.326 e. The van der Waals surface area contributed by atoms with Crippen LogP contribution in [0.1, 0.15) is 16.7 Å².